The highest BCUT2D eigenvalue weighted by Gasteiger charge is 1.95. The molecule has 0 aliphatic rings. The van der Waals surface area contributed by atoms with E-state index in [1.807, 2.05) is 17.6 Å². The maximum absolute atomic E-state index is 4.20. The fourth-order valence-corrected chi connectivity index (χ4v) is 1.82. The van der Waals surface area contributed by atoms with Crippen molar-refractivity contribution in [3.8, 4) is 0 Å². The van der Waals surface area contributed by atoms with E-state index in [4.69, 9.17) is 0 Å². The second-order valence-electron chi connectivity index (χ2n) is 2.56. The third-order valence-corrected chi connectivity index (χ3v) is 2.49. The number of rotatable bonds is 2. The first-order chi connectivity index (χ1) is 6.40. The summed E-state index contributed by atoms with van der Waals surface area (Å²) in [5.41, 5.74) is 6.70. The molecule has 1 aromatic carbocycles. The lowest BCUT2D eigenvalue weighted by Crippen LogP contribution is -1.94. The third kappa shape index (κ3) is 1.67. The van der Waals surface area contributed by atoms with Crippen LogP contribution < -0.4 is 5.43 Å². The van der Waals surface area contributed by atoms with Crippen LogP contribution in [0.3, 0.4) is 0 Å². The van der Waals surface area contributed by atoms with Gasteiger partial charge in [0.15, 0.2) is 0 Å². The van der Waals surface area contributed by atoms with E-state index in [9.17, 15) is 0 Å². The fourth-order valence-electron chi connectivity index (χ4n) is 1.09. The molecule has 0 aliphatic carbocycles. The second kappa shape index (κ2) is 3.53. The molecular formula is C9H9N3S. The van der Waals surface area contributed by atoms with Crippen molar-refractivity contribution in [1.82, 2.24) is 10.4 Å². The van der Waals surface area contributed by atoms with E-state index in [2.05, 4.69) is 21.6 Å². The molecule has 1 heterocycles. The summed E-state index contributed by atoms with van der Waals surface area (Å²) in [6.07, 6.45) is 1.79. The molecule has 0 aliphatic heterocycles. The van der Waals surface area contributed by atoms with E-state index in [1.165, 1.54) is 4.70 Å². The molecule has 0 atom stereocenters. The van der Waals surface area contributed by atoms with Crippen molar-refractivity contribution in [3.63, 3.8) is 0 Å². The summed E-state index contributed by atoms with van der Waals surface area (Å²) < 4.78 is 1.19. The number of hydrazone groups is 1. The van der Waals surface area contributed by atoms with Crippen LogP contribution in [0.4, 0.5) is 0 Å². The zero-order chi connectivity index (χ0) is 9.10. The summed E-state index contributed by atoms with van der Waals surface area (Å²) >= 11 is 1.64. The zero-order valence-electron chi connectivity index (χ0n) is 7.19. The SMILES string of the molecule is CN/N=C/c1ccc2ncsc2c1. The third-order valence-electron chi connectivity index (χ3n) is 1.70. The number of aromatic nitrogens is 1. The second-order valence-corrected chi connectivity index (χ2v) is 3.45. The minimum Gasteiger partial charge on any atom is -0.313 e. The lowest BCUT2D eigenvalue weighted by molar-refractivity contribution is 0.908. The van der Waals surface area contributed by atoms with Crippen LogP contribution in [0.2, 0.25) is 0 Å². The number of hydrogen-bond donors (Lipinski definition) is 1. The Morgan fingerprint density at radius 3 is 3.31 bits per heavy atom. The van der Waals surface area contributed by atoms with Crippen LogP contribution in [0, 0.1) is 0 Å². The first-order valence-corrected chi connectivity index (χ1v) is 4.81. The van der Waals surface area contributed by atoms with Crippen LogP contribution >= 0.6 is 11.3 Å². The monoisotopic (exact) mass is 191 g/mol. The van der Waals surface area contributed by atoms with Crippen LogP contribution in [-0.4, -0.2) is 18.2 Å². The largest absolute Gasteiger partial charge is 0.313 e. The van der Waals surface area contributed by atoms with Crippen molar-refractivity contribution in [1.29, 1.82) is 0 Å². The molecule has 4 heteroatoms. The molecule has 0 bridgehead atoms. The smallest absolute Gasteiger partial charge is 0.0812 e. The van der Waals surface area contributed by atoms with E-state index in [0.717, 1.165) is 11.1 Å². The number of nitrogens with zero attached hydrogens (tertiary/aromatic N) is 2. The Kier molecular flexibility index (Phi) is 2.23. The van der Waals surface area contributed by atoms with Gasteiger partial charge in [-0.15, -0.1) is 11.3 Å². The van der Waals surface area contributed by atoms with Gasteiger partial charge in [-0.25, -0.2) is 4.98 Å². The van der Waals surface area contributed by atoms with Gasteiger partial charge in [0.1, 0.15) is 0 Å². The minimum absolute atomic E-state index is 1.05. The molecule has 13 heavy (non-hydrogen) atoms. The molecule has 3 nitrogen and oxygen atoms in total. The minimum atomic E-state index is 1.05. The van der Waals surface area contributed by atoms with Crippen molar-refractivity contribution < 1.29 is 0 Å². The predicted molar refractivity (Wildman–Crippen MR) is 56.3 cm³/mol. The molecule has 0 spiro atoms. The standard InChI is InChI=1S/C9H9N3S/c1-10-12-5-7-2-3-8-9(4-7)13-6-11-8/h2-6,10H,1H3/b12-5+. The summed E-state index contributed by atoms with van der Waals surface area (Å²) in [4.78, 5) is 4.20. The van der Waals surface area contributed by atoms with Gasteiger partial charge in [0.2, 0.25) is 0 Å². The maximum atomic E-state index is 4.20. The van der Waals surface area contributed by atoms with Gasteiger partial charge < -0.3 is 5.43 Å². The molecule has 0 fully saturated rings. The Morgan fingerprint density at radius 1 is 1.54 bits per heavy atom. The molecule has 1 N–H and O–H groups in total. The van der Waals surface area contributed by atoms with Crippen molar-refractivity contribution in [2.24, 2.45) is 5.10 Å². The van der Waals surface area contributed by atoms with E-state index >= 15 is 0 Å². The van der Waals surface area contributed by atoms with Crippen LogP contribution in [-0.2, 0) is 0 Å². The quantitative estimate of drug-likeness (QED) is 0.581. The lowest BCUT2D eigenvalue weighted by atomic mass is 10.2. The molecule has 2 rings (SSSR count). The van der Waals surface area contributed by atoms with E-state index in [-0.39, 0.29) is 0 Å². The molecule has 66 valence electrons. The Labute approximate surface area is 80.1 Å². The molecule has 1 aromatic heterocycles. The highest BCUT2D eigenvalue weighted by Crippen LogP contribution is 2.17. The number of hydrogen-bond acceptors (Lipinski definition) is 4. The Balaban J connectivity index is 2.42. The summed E-state index contributed by atoms with van der Waals surface area (Å²) in [6, 6.07) is 6.08. The van der Waals surface area contributed by atoms with E-state index in [0.29, 0.717) is 0 Å². The number of benzene rings is 1. The molecule has 0 unspecified atom stereocenters. The molecule has 0 amide bonds. The molecule has 0 saturated carbocycles. The Hall–Kier alpha value is -1.42. The summed E-state index contributed by atoms with van der Waals surface area (Å²) in [7, 11) is 1.78. The van der Waals surface area contributed by atoms with Crippen molar-refractivity contribution in [2.75, 3.05) is 7.05 Å². The summed E-state index contributed by atoms with van der Waals surface area (Å²) in [6.45, 7) is 0. The highest BCUT2D eigenvalue weighted by molar-refractivity contribution is 7.16. The molecular weight excluding hydrogens is 182 g/mol. The maximum Gasteiger partial charge on any atom is 0.0812 e. The van der Waals surface area contributed by atoms with Gasteiger partial charge in [0, 0.05) is 7.05 Å². The normalized spacial score (nSPS) is 11.2. The number of nitrogens with one attached hydrogen (secondary N) is 1. The highest BCUT2D eigenvalue weighted by atomic mass is 32.1. The zero-order valence-corrected chi connectivity index (χ0v) is 8.01. The molecule has 0 radical (unpaired) electrons. The van der Waals surface area contributed by atoms with Gasteiger partial charge in [-0.05, 0) is 17.7 Å². The number of fused-ring (bicyclic) bond motifs is 1. The lowest BCUT2D eigenvalue weighted by Gasteiger charge is -1.92. The van der Waals surface area contributed by atoms with Gasteiger partial charge in [-0.3, -0.25) is 0 Å². The summed E-state index contributed by atoms with van der Waals surface area (Å²) in [5.74, 6) is 0. The van der Waals surface area contributed by atoms with Gasteiger partial charge >= 0.3 is 0 Å². The van der Waals surface area contributed by atoms with Crippen LogP contribution in [0.5, 0.6) is 0 Å². The van der Waals surface area contributed by atoms with Gasteiger partial charge in [-0.1, -0.05) is 6.07 Å². The van der Waals surface area contributed by atoms with Gasteiger partial charge in [0.25, 0.3) is 0 Å². The van der Waals surface area contributed by atoms with Gasteiger partial charge in [0.05, 0.1) is 21.9 Å². The van der Waals surface area contributed by atoms with Gasteiger partial charge in [-0.2, -0.15) is 5.10 Å². The van der Waals surface area contributed by atoms with E-state index in [1.54, 1.807) is 24.6 Å². The van der Waals surface area contributed by atoms with Crippen LogP contribution in [0.25, 0.3) is 10.2 Å². The average molecular weight is 191 g/mol. The number of thiazole rings is 1. The van der Waals surface area contributed by atoms with Crippen LogP contribution in [0.1, 0.15) is 5.56 Å². The van der Waals surface area contributed by atoms with Crippen molar-refractivity contribution >= 4 is 27.8 Å². The first kappa shape index (κ1) is 8.19. The Morgan fingerprint density at radius 2 is 2.46 bits per heavy atom. The van der Waals surface area contributed by atoms with E-state index < -0.39 is 0 Å². The average Bonchev–Trinajstić information content (AvgIpc) is 2.61. The first-order valence-electron chi connectivity index (χ1n) is 3.93. The van der Waals surface area contributed by atoms with Crippen molar-refractivity contribution in [2.45, 2.75) is 0 Å². The predicted octanol–water partition coefficient (Wildman–Crippen LogP) is 1.85. The van der Waals surface area contributed by atoms with Crippen molar-refractivity contribution in [3.05, 3.63) is 29.3 Å². The summed E-state index contributed by atoms with van der Waals surface area (Å²) in [5, 5.41) is 3.94. The van der Waals surface area contributed by atoms with Crippen LogP contribution in [0.15, 0.2) is 28.8 Å². The molecule has 2 aromatic rings. The molecule has 0 saturated heterocycles. The fraction of sp³-hybridized carbons (Fsp3) is 0.111. The Bertz CT molecular complexity index is 433. The topological polar surface area (TPSA) is 37.3 Å².